The minimum absolute atomic E-state index is 0.176. The zero-order valence-corrected chi connectivity index (χ0v) is 12.9. The van der Waals surface area contributed by atoms with Crippen molar-refractivity contribution in [2.45, 2.75) is 46.6 Å². The molecule has 0 radical (unpaired) electrons. The molecular weight excluding hydrogens is 266 g/mol. The standard InChI is InChI=1S/C13H18ClN3S/c1-7(2)12-15-16-13(14)17(12)9(4)11-6-8(3)18-10(11)5/h6-7,9H,1-5H3. The third kappa shape index (κ3) is 2.31. The smallest absolute Gasteiger partial charge is 0.225 e. The van der Waals surface area contributed by atoms with Gasteiger partial charge in [0.25, 0.3) is 0 Å². The Morgan fingerprint density at radius 2 is 1.89 bits per heavy atom. The fraction of sp³-hybridized carbons (Fsp3) is 0.538. The van der Waals surface area contributed by atoms with Gasteiger partial charge in [0, 0.05) is 15.7 Å². The van der Waals surface area contributed by atoms with Crippen molar-refractivity contribution in [2.75, 3.05) is 0 Å². The summed E-state index contributed by atoms with van der Waals surface area (Å²) >= 11 is 8.00. The van der Waals surface area contributed by atoms with Crippen LogP contribution in [0.1, 0.15) is 53.9 Å². The average Bonchev–Trinajstić information content (AvgIpc) is 2.81. The lowest BCUT2D eigenvalue weighted by molar-refractivity contribution is 0.578. The van der Waals surface area contributed by atoms with Gasteiger partial charge in [-0.3, -0.25) is 4.57 Å². The molecule has 0 aliphatic carbocycles. The van der Waals surface area contributed by atoms with E-state index in [4.69, 9.17) is 11.6 Å². The molecule has 0 bridgehead atoms. The van der Waals surface area contributed by atoms with Crippen LogP contribution in [0.3, 0.4) is 0 Å². The Bertz CT molecular complexity index is 557. The van der Waals surface area contributed by atoms with Gasteiger partial charge in [-0.1, -0.05) is 13.8 Å². The summed E-state index contributed by atoms with van der Waals surface area (Å²) in [6.07, 6.45) is 0. The first-order valence-corrected chi connectivity index (χ1v) is 7.28. The predicted molar refractivity (Wildman–Crippen MR) is 76.7 cm³/mol. The van der Waals surface area contributed by atoms with E-state index in [-0.39, 0.29) is 6.04 Å². The number of thiophene rings is 1. The van der Waals surface area contributed by atoms with Gasteiger partial charge in [0.05, 0.1) is 6.04 Å². The molecule has 2 aromatic rings. The van der Waals surface area contributed by atoms with Crippen LogP contribution < -0.4 is 0 Å². The Labute approximate surface area is 117 Å². The minimum Gasteiger partial charge on any atom is -0.294 e. The molecule has 0 aromatic carbocycles. The van der Waals surface area contributed by atoms with Crippen LogP contribution >= 0.6 is 22.9 Å². The highest BCUT2D eigenvalue weighted by atomic mass is 35.5. The van der Waals surface area contributed by atoms with Crippen molar-refractivity contribution in [3.8, 4) is 0 Å². The van der Waals surface area contributed by atoms with Crippen molar-refractivity contribution in [1.82, 2.24) is 14.8 Å². The first-order chi connectivity index (χ1) is 8.41. The molecule has 98 valence electrons. The van der Waals surface area contributed by atoms with Gasteiger partial charge in [-0.2, -0.15) is 0 Å². The lowest BCUT2D eigenvalue weighted by Crippen LogP contribution is -2.12. The first kappa shape index (κ1) is 13.6. The topological polar surface area (TPSA) is 30.7 Å². The fourth-order valence-electron chi connectivity index (χ4n) is 2.24. The lowest BCUT2D eigenvalue weighted by Gasteiger charge is -2.18. The molecule has 0 fully saturated rings. The summed E-state index contributed by atoms with van der Waals surface area (Å²) in [4.78, 5) is 2.66. The average molecular weight is 284 g/mol. The Hall–Kier alpha value is -0.870. The van der Waals surface area contributed by atoms with E-state index in [9.17, 15) is 0 Å². The highest BCUT2D eigenvalue weighted by Gasteiger charge is 2.21. The van der Waals surface area contributed by atoms with Crippen LogP contribution in [0.5, 0.6) is 0 Å². The molecule has 5 heteroatoms. The second-order valence-electron chi connectivity index (χ2n) is 4.90. The van der Waals surface area contributed by atoms with Gasteiger partial charge in [-0.25, -0.2) is 0 Å². The second-order valence-corrected chi connectivity index (χ2v) is 6.69. The van der Waals surface area contributed by atoms with Gasteiger partial charge < -0.3 is 0 Å². The summed E-state index contributed by atoms with van der Waals surface area (Å²) in [5.41, 5.74) is 1.31. The van der Waals surface area contributed by atoms with Crippen molar-refractivity contribution < 1.29 is 0 Å². The van der Waals surface area contributed by atoms with E-state index in [2.05, 4.69) is 50.9 Å². The maximum atomic E-state index is 6.19. The van der Waals surface area contributed by atoms with Crippen molar-refractivity contribution in [2.24, 2.45) is 0 Å². The second kappa shape index (κ2) is 5.02. The Morgan fingerprint density at radius 1 is 1.22 bits per heavy atom. The fourth-order valence-corrected chi connectivity index (χ4v) is 3.53. The molecule has 0 aliphatic heterocycles. The number of rotatable bonds is 3. The molecule has 0 saturated heterocycles. The number of aryl methyl sites for hydroxylation is 2. The highest BCUT2D eigenvalue weighted by molar-refractivity contribution is 7.12. The molecular formula is C13H18ClN3S. The van der Waals surface area contributed by atoms with E-state index in [1.54, 1.807) is 0 Å². The summed E-state index contributed by atoms with van der Waals surface area (Å²) < 4.78 is 2.03. The van der Waals surface area contributed by atoms with Crippen LogP contribution in [0.4, 0.5) is 0 Å². The molecule has 18 heavy (non-hydrogen) atoms. The summed E-state index contributed by atoms with van der Waals surface area (Å²) in [5.74, 6) is 1.25. The van der Waals surface area contributed by atoms with Crippen LogP contribution in [-0.4, -0.2) is 14.8 Å². The number of hydrogen-bond donors (Lipinski definition) is 0. The van der Waals surface area contributed by atoms with Crippen LogP contribution in [0.15, 0.2) is 6.07 Å². The first-order valence-electron chi connectivity index (χ1n) is 6.09. The van der Waals surface area contributed by atoms with E-state index in [0.717, 1.165) is 5.82 Å². The highest BCUT2D eigenvalue weighted by Crippen LogP contribution is 2.32. The van der Waals surface area contributed by atoms with Crippen LogP contribution in [0.25, 0.3) is 0 Å². The zero-order chi connectivity index (χ0) is 13.4. The van der Waals surface area contributed by atoms with Gasteiger partial charge in [0.2, 0.25) is 5.28 Å². The van der Waals surface area contributed by atoms with Gasteiger partial charge in [-0.15, -0.1) is 21.5 Å². The third-order valence-electron chi connectivity index (χ3n) is 3.11. The molecule has 1 unspecified atom stereocenters. The van der Waals surface area contributed by atoms with E-state index in [0.29, 0.717) is 11.2 Å². The summed E-state index contributed by atoms with van der Waals surface area (Å²) in [6, 6.07) is 2.40. The van der Waals surface area contributed by atoms with Crippen molar-refractivity contribution in [3.63, 3.8) is 0 Å². The quantitative estimate of drug-likeness (QED) is 0.839. The molecule has 3 nitrogen and oxygen atoms in total. The normalized spacial score (nSPS) is 13.3. The molecule has 0 aliphatic rings. The zero-order valence-electron chi connectivity index (χ0n) is 11.4. The predicted octanol–water partition coefficient (Wildman–Crippen LogP) is 4.34. The number of aromatic nitrogens is 3. The van der Waals surface area contributed by atoms with E-state index in [1.807, 2.05) is 15.9 Å². The SMILES string of the molecule is Cc1cc(C(C)n2c(Cl)nnc2C(C)C)c(C)s1. The van der Waals surface area contributed by atoms with E-state index >= 15 is 0 Å². The number of halogens is 1. The Balaban J connectivity index is 2.48. The van der Waals surface area contributed by atoms with Gasteiger partial charge in [0.15, 0.2) is 0 Å². The molecule has 2 heterocycles. The summed E-state index contributed by atoms with van der Waals surface area (Å²) in [6.45, 7) is 10.6. The van der Waals surface area contributed by atoms with E-state index < -0.39 is 0 Å². The maximum Gasteiger partial charge on any atom is 0.225 e. The lowest BCUT2D eigenvalue weighted by atomic mass is 10.1. The van der Waals surface area contributed by atoms with Gasteiger partial charge >= 0.3 is 0 Å². The Morgan fingerprint density at radius 3 is 2.39 bits per heavy atom. The third-order valence-corrected chi connectivity index (χ3v) is 4.35. The monoisotopic (exact) mass is 283 g/mol. The number of nitrogens with zero attached hydrogens (tertiary/aromatic N) is 3. The van der Waals surface area contributed by atoms with Crippen LogP contribution in [-0.2, 0) is 0 Å². The molecule has 0 N–H and O–H groups in total. The molecule has 1 atom stereocenters. The summed E-state index contributed by atoms with van der Waals surface area (Å²) in [5, 5.41) is 8.65. The van der Waals surface area contributed by atoms with Crippen molar-refractivity contribution in [3.05, 3.63) is 32.5 Å². The van der Waals surface area contributed by atoms with Crippen LogP contribution in [0, 0.1) is 13.8 Å². The Kier molecular flexibility index (Phi) is 3.78. The van der Waals surface area contributed by atoms with Crippen molar-refractivity contribution >= 4 is 22.9 Å². The molecule has 0 amide bonds. The van der Waals surface area contributed by atoms with Crippen molar-refractivity contribution in [1.29, 1.82) is 0 Å². The van der Waals surface area contributed by atoms with Gasteiger partial charge in [0.1, 0.15) is 5.82 Å². The van der Waals surface area contributed by atoms with Crippen LogP contribution in [0.2, 0.25) is 5.28 Å². The molecule has 0 spiro atoms. The molecule has 0 saturated carbocycles. The van der Waals surface area contributed by atoms with E-state index in [1.165, 1.54) is 15.3 Å². The summed E-state index contributed by atoms with van der Waals surface area (Å²) in [7, 11) is 0. The maximum absolute atomic E-state index is 6.19. The minimum atomic E-state index is 0.176. The molecule has 2 rings (SSSR count). The van der Waals surface area contributed by atoms with Gasteiger partial charge in [-0.05, 0) is 44.0 Å². The molecule has 2 aromatic heterocycles. The number of hydrogen-bond acceptors (Lipinski definition) is 3. The largest absolute Gasteiger partial charge is 0.294 e.